The summed E-state index contributed by atoms with van der Waals surface area (Å²) in [5.74, 6) is -2.18. The van der Waals surface area contributed by atoms with Gasteiger partial charge in [0, 0.05) is 11.8 Å². The molecule has 2 aliphatic rings. The van der Waals surface area contributed by atoms with Gasteiger partial charge in [-0.3, -0.25) is 0 Å². The van der Waals surface area contributed by atoms with Crippen LogP contribution in [0.4, 0.5) is 10.1 Å². The van der Waals surface area contributed by atoms with Crippen LogP contribution in [0.1, 0.15) is 5.56 Å². The monoisotopic (exact) mass is 359 g/mol. The van der Waals surface area contributed by atoms with Crippen molar-refractivity contribution in [2.24, 2.45) is 0 Å². The average Bonchev–Trinajstić information content (AvgIpc) is 2.88. The van der Waals surface area contributed by atoms with Crippen molar-refractivity contribution in [3.05, 3.63) is 59.2 Å². The van der Waals surface area contributed by atoms with E-state index >= 15 is 0 Å². The molecule has 0 fully saturated rings. The van der Waals surface area contributed by atoms with Crippen LogP contribution < -0.4 is 10.4 Å². The Morgan fingerprint density at radius 3 is 2.65 bits per heavy atom. The fourth-order valence-electron chi connectivity index (χ4n) is 2.84. The molecule has 0 aromatic heterocycles. The molecular weight excluding hydrogens is 344 g/mol. The second kappa shape index (κ2) is 7.15. The van der Waals surface area contributed by atoms with E-state index in [-0.39, 0.29) is 29.0 Å². The largest absolute Gasteiger partial charge is 0.491 e. The predicted octanol–water partition coefficient (Wildman–Crippen LogP) is 0.533. The van der Waals surface area contributed by atoms with Gasteiger partial charge in [-0.15, -0.1) is 0 Å². The maximum Gasteiger partial charge on any atom is 0.491 e. The van der Waals surface area contributed by atoms with E-state index in [4.69, 9.17) is 14.1 Å². The highest BCUT2D eigenvalue weighted by atomic mass is 19.1. The van der Waals surface area contributed by atoms with Crippen LogP contribution >= 0.6 is 0 Å². The number of nitrogens with zero attached hydrogens (tertiary/aromatic N) is 1. The van der Waals surface area contributed by atoms with Crippen LogP contribution in [0.3, 0.4) is 0 Å². The zero-order chi connectivity index (χ0) is 18.8. The second-order valence-electron chi connectivity index (χ2n) is 5.47. The summed E-state index contributed by atoms with van der Waals surface area (Å²) in [5, 5.41) is 9.87. The van der Waals surface area contributed by atoms with Gasteiger partial charge in [-0.1, -0.05) is 6.08 Å². The quantitative estimate of drug-likeness (QED) is 0.623. The highest BCUT2D eigenvalue weighted by Gasteiger charge is 2.34. The molecule has 0 radical (unpaired) electrons. The van der Waals surface area contributed by atoms with Crippen molar-refractivity contribution in [3.63, 3.8) is 0 Å². The number of ether oxygens (including phenoxy) is 2. The number of anilines is 1. The molecule has 9 heteroatoms. The first-order chi connectivity index (χ1) is 12.5. The topological polar surface area (TPSA) is 85.3 Å². The fourth-order valence-corrected chi connectivity index (χ4v) is 2.84. The fraction of sp³-hybridized carbons (Fsp3) is 0.176. The number of allylic oxidation sites excluding steroid dienone is 2. The molecule has 0 unspecified atom stereocenters. The number of hydrogen-bond acceptors (Lipinski definition) is 7. The molecule has 134 valence electrons. The van der Waals surface area contributed by atoms with Gasteiger partial charge >= 0.3 is 19.1 Å². The average molecular weight is 359 g/mol. The minimum atomic E-state index is -1.26. The molecular formula is C17H15BFNO6. The second-order valence-corrected chi connectivity index (χ2v) is 5.47. The number of carbonyl (C=O) groups is 2. The first-order valence-electron chi connectivity index (χ1n) is 7.65. The van der Waals surface area contributed by atoms with Crippen LogP contribution in [-0.2, 0) is 30.3 Å². The third-order valence-corrected chi connectivity index (χ3v) is 4.03. The lowest BCUT2D eigenvalue weighted by atomic mass is 9.79. The van der Waals surface area contributed by atoms with Crippen molar-refractivity contribution < 1.29 is 33.1 Å². The third kappa shape index (κ3) is 3.02. The summed E-state index contributed by atoms with van der Waals surface area (Å²) in [5.41, 5.74) is 0.809. The van der Waals surface area contributed by atoms with E-state index in [9.17, 15) is 19.0 Å². The molecule has 0 atom stereocenters. The van der Waals surface area contributed by atoms with Gasteiger partial charge < -0.3 is 24.1 Å². The highest BCUT2D eigenvalue weighted by Crippen LogP contribution is 2.31. The summed E-state index contributed by atoms with van der Waals surface area (Å²) in [6.45, 7) is 0.0197. The van der Waals surface area contributed by atoms with Gasteiger partial charge in [0.2, 0.25) is 0 Å². The van der Waals surface area contributed by atoms with Gasteiger partial charge in [0.25, 0.3) is 0 Å². The number of methoxy groups -OCH3 is 2. The number of carbonyl (C=O) groups excluding carboxylic acids is 2. The SMILES string of the molecule is COC(=O)C1=C(C(=O)OC)N(c2cc(F)cc3c2COB3O)C=CC=C1. The molecule has 0 saturated carbocycles. The van der Waals surface area contributed by atoms with E-state index in [1.807, 2.05) is 0 Å². The van der Waals surface area contributed by atoms with Crippen LogP contribution in [0.25, 0.3) is 0 Å². The van der Waals surface area contributed by atoms with Crippen molar-refractivity contribution in [3.8, 4) is 0 Å². The summed E-state index contributed by atoms with van der Waals surface area (Å²) >= 11 is 0. The predicted molar refractivity (Wildman–Crippen MR) is 90.6 cm³/mol. The Morgan fingerprint density at radius 2 is 1.96 bits per heavy atom. The van der Waals surface area contributed by atoms with Gasteiger partial charge in [0.05, 0.1) is 32.1 Å². The molecule has 2 aliphatic heterocycles. The Kier molecular flexibility index (Phi) is 4.92. The first kappa shape index (κ1) is 17.9. The normalized spacial score (nSPS) is 15.8. The number of halogens is 1. The zero-order valence-electron chi connectivity index (χ0n) is 14.1. The van der Waals surface area contributed by atoms with Crippen LogP contribution in [0.15, 0.2) is 47.8 Å². The van der Waals surface area contributed by atoms with Crippen molar-refractivity contribution >= 4 is 30.2 Å². The molecule has 26 heavy (non-hydrogen) atoms. The molecule has 0 aliphatic carbocycles. The van der Waals surface area contributed by atoms with E-state index in [0.29, 0.717) is 5.56 Å². The summed E-state index contributed by atoms with van der Waals surface area (Å²) in [4.78, 5) is 25.9. The van der Waals surface area contributed by atoms with Gasteiger partial charge in [0.15, 0.2) is 0 Å². The van der Waals surface area contributed by atoms with Gasteiger partial charge in [0.1, 0.15) is 11.5 Å². The molecule has 7 nitrogen and oxygen atoms in total. The van der Waals surface area contributed by atoms with Gasteiger partial charge in [-0.25, -0.2) is 14.0 Å². The number of esters is 2. The Bertz CT molecular complexity index is 863. The Hall–Kier alpha value is -2.91. The number of rotatable bonds is 3. The molecule has 1 aromatic carbocycles. The number of hydrogen-bond donors (Lipinski definition) is 1. The van der Waals surface area contributed by atoms with Crippen LogP contribution in [0, 0.1) is 5.82 Å². The van der Waals surface area contributed by atoms with Crippen molar-refractivity contribution in [2.45, 2.75) is 6.61 Å². The summed E-state index contributed by atoms with van der Waals surface area (Å²) < 4.78 is 28.8. The molecule has 0 bridgehead atoms. The van der Waals surface area contributed by atoms with Crippen LogP contribution in [0.5, 0.6) is 0 Å². The Labute approximate surface area is 149 Å². The third-order valence-electron chi connectivity index (χ3n) is 4.03. The van der Waals surface area contributed by atoms with Crippen molar-refractivity contribution in [1.29, 1.82) is 0 Å². The van der Waals surface area contributed by atoms with E-state index in [0.717, 1.165) is 0 Å². The maximum atomic E-state index is 14.1. The van der Waals surface area contributed by atoms with Crippen LogP contribution in [0.2, 0.25) is 0 Å². The Balaban J connectivity index is 2.25. The van der Waals surface area contributed by atoms with E-state index in [1.54, 1.807) is 12.2 Å². The highest BCUT2D eigenvalue weighted by molar-refractivity contribution is 6.61. The molecule has 0 amide bonds. The molecule has 1 N–H and O–H groups in total. The van der Waals surface area contributed by atoms with Gasteiger partial charge in [-0.05, 0) is 29.7 Å². The molecule has 1 aromatic rings. The van der Waals surface area contributed by atoms with E-state index in [2.05, 4.69) is 0 Å². The number of benzene rings is 1. The number of fused-ring (bicyclic) bond motifs is 1. The minimum Gasteiger partial charge on any atom is -0.465 e. The summed E-state index contributed by atoms with van der Waals surface area (Å²) in [7, 11) is 1.09. The first-order valence-corrected chi connectivity index (χ1v) is 7.65. The minimum absolute atomic E-state index is 0.0197. The smallest absolute Gasteiger partial charge is 0.465 e. The molecule has 2 heterocycles. The lowest BCUT2D eigenvalue weighted by molar-refractivity contribution is -0.139. The zero-order valence-corrected chi connectivity index (χ0v) is 14.1. The van der Waals surface area contributed by atoms with E-state index in [1.165, 1.54) is 43.5 Å². The van der Waals surface area contributed by atoms with Crippen molar-refractivity contribution in [2.75, 3.05) is 19.1 Å². The Morgan fingerprint density at radius 1 is 1.23 bits per heavy atom. The summed E-state index contributed by atoms with van der Waals surface area (Å²) in [6, 6.07) is 2.35. The standard InChI is InChI=1S/C17H15BFNO6/c1-24-16(21)11-5-3-4-6-20(15(11)17(22)25-2)14-8-10(19)7-13-12(14)9-26-18(13)23/h3-8,23H,9H2,1-2H3. The van der Waals surface area contributed by atoms with Gasteiger partial charge in [-0.2, -0.15) is 0 Å². The van der Waals surface area contributed by atoms with Crippen molar-refractivity contribution in [1.82, 2.24) is 0 Å². The lowest BCUT2D eigenvalue weighted by Crippen LogP contribution is -2.31. The lowest BCUT2D eigenvalue weighted by Gasteiger charge is -2.25. The van der Waals surface area contributed by atoms with E-state index < -0.39 is 24.9 Å². The van der Waals surface area contributed by atoms with Crippen LogP contribution in [-0.4, -0.2) is 38.3 Å². The maximum absolute atomic E-state index is 14.1. The summed E-state index contributed by atoms with van der Waals surface area (Å²) in [6.07, 6.45) is 6.00. The molecule has 0 spiro atoms. The molecule has 3 rings (SSSR count). The molecule has 0 saturated heterocycles.